The van der Waals surface area contributed by atoms with E-state index < -0.39 is 0 Å². The summed E-state index contributed by atoms with van der Waals surface area (Å²) in [5.74, 6) is -0.217. The maximum absolute atomic E-state index is 12.5. The number of hydrogen-bond acceptors (Lipinski definition) is 3. The van der Waals surface area contributed by atoms with E-state index in [2.05, 4.69) is 10.6 Å². The highest BCUT2D eigenvalue weighted by molar-refractivity contribution is 6.44. The van der Waals surface area contributed by atoms with Crippen LogP contribution in [0.15, 0.2) is 36.4 Å². The largest absolute Gasteiger partial charge is 0.375 e. The molecule has 2 aromatic carbocycles. The van der Waals surface area contributed by atoms with Crippen LogP contribution >= 0.6 is 34.8 Å². The van der Waals surface area contributed by atoms with Crippen LogP contribution in [0.4, 0.5) is 11.4 Å². The fourth-order valence-corrected chi connectivity index (χ4v) is 3.63. The summed E-state index contributed by atoms with van der Waals surface area (Å²) in [6, 6.07) is 10.00. The highest BCUT2D eigenvalue weighted by Crippen LogP contribution is 2.32. The molecule has 0 radical (unpaired) electrons. The molecule has 0 bridgehead atoms. The van der Waals surface area contributed by atoms with Crippen molar-refractivity contribution in [2.45, 2.75) is 19.3 Å². The SMILES string of the molecule is O=C(CNc1cc(Cl)c(Cl)cc1Cl)Nc1ccc(C(=O)N2CCCCC2)cc1. The molecule has 0 unspecified atom stereocenters. The van der Waals surface area contributed by atoms with Crippen molar-refractivity contribution in [1.29, 1.82) is 0 Å². The third-order valence-electron chi connectivity index (χ3n) is 4.51. The number of carbonyl (C=O) groups is 2. The molecule has 1 heterocycles. The second kappa shape index (κ2) is 9.50. The lowest BCUT2D eigenvalue weighted by atomic mass is 10.1. The second-order valence-electron chi connectivity index (χ2n) is 6.58. The first-order valence-electron chi connectivity index (χ1n) is 9.01. The topological polar surface area (TPSA) is 61.4 Å². The van der Waals surface area contributed by atoms with Crippen LogP contribution in [0.3, 0.4) is 0 Å². The number of nitrogens with one attached hydrogen (secondary N) is 2. The van der Waals surface area contributed by atoms with E-state index >= 15 is 0 Å². The number of benzene rings is 2. The van der Waals surface area contributed by atoms with Gasteiger partial charge in [0.25, 0.3) is 5.91 Å². The summed E-state index contributed by atoms with van der Waals surface area (Å²) < 4.78 is 0. The monoisotopic (exact) mass is 439 g/mol. The van der Waals surface area contributed by atoms with Crippen molar-refractivity contribution < 1.29 is 9.59 Å². The van der Waals surface area contributed by atoms with Gasteiger partial charge in [-0.1, -0.05) is 34.8 Å². The number of hydrogen-bond donors (Lipinski definition) is 2. The van der Waals surface area contributed by atoms with Gasteiger partial charge in [-0.2, -0.15) is 0 Å². The molecule has 3 rings (SSSR count). The van der Waals surface area contributed by atoms with E-state index in [1.807, 2.05) is 4.90 Å². The summed E-state index contributed by atoms with van der Waals surface area (Å²) in [4.78, 5) is 26.5. The lowest BCUT2D eigenvalue weighted by molar-refractivity contribution is -0.114. The summed E-state index contributed by atoms with van der Waals surface area (Å²) in [6.45, 7) is 1.62. The van der Waals surface area contributed by atoms with Crippen LogP contribution in [0.2, 0.25) is 15.1 Å². The van der Waals surface area contributed by atoms with E-state index in [9.17, 15) is 9.59 Å². The molecule has 1 aliphatic rings. The predicted octanol–water partition coefficient (Wildman–Crippen LogP) is 5.32. The third kappa shape index (κ3) is 5.31. The van der Waals surface area contributed by atoms with E-state index in [0.717, 1.165) is 25.9 Å². The van der Waals surface area contributed by atoms with Gasteiger partial charge < -0.3 is 15.5 Å². The van der Waals surface area contributed by atoms with Gasteiger partial charge in [0.15, 0.2) is 0 Å². The highest BCUT2D eigenvalue weighted by atomic mass is 35.5. The van der Waals surface area contributed by atoms with Gasteiger partial charge >= 0.3 is 0 Å². The zero-order chi connectivity index (χ0) is 20.1. The summed E-state index contributed by atoms with van der Waals surface area (Å²) in [7, 11) is 0. The van der Waals surface area contributed by atoms with E-state index in [-0.39, 0.29) is 18.4 Å². The van der Waals surface area contributed by atoms with Crippen LogP contribution in [0.25, 0.3) is 0 Å². The molecule has 0 saturated carbocycles. The molecule has 2 N–H and O–H groups in total. The molecule has 2 amide bonds. The third-order valence-corrected chi connectivity index (χ3v) is 5.54. The van der Waals surface area contributed by atoms with Gasteiger partial charge in [-0.25, -0.2) is 0 Å². The summed E-state index contributed by atoms with van der Waals surface area (Å²) in [6.07, 6.45) is 3.28. The van der Waals surface area contributed by atoms with Crippen LogP contribution in [0.1, 0.15) is 29.6 Å². The van der Waals surface area contributed by atoms with Crippen molar-refractivity contribution in [1.82, 2.24) is 4.90 Å². The molecule has 0 atom stereocenters. The maximum atomic E-state index is 12.5. The Kier molecular flexibility index (Phi) is 7.05. The molecular weight excluding hydrogens is 421 g/mol. The van der Waals surface area contributed by atoms with Crippen molar-refractivity contribution in [2.75, 3.05) is 30.3 Å². The molecule has 148 valence electrons. The molecule has 1 saturated heterocycles. The zero-order valence-corrected chi connectivity index (χ0v) is 17.4. The molecular formula is C20H20Cl3N3O2. The minimum absolute atomic E-state index is 0.00609. The molecule has 0 spiro atoms. The zero-order valence-electron chi connectivity index (χ0n) is 15.1. The van der Waals surface area contributed by atoms with Crippen LogP contribution in [0.5, 0.6) is 0 Å². The Morgan fingerprint density at radius 2 is 1.54 bits per heavy atom. The number of anilines is 2. The standard InChI is InChI=1S/C20H20Cl3N3O2/c21-15-10-17(23)18(11-16(15)22)24-12-19(27)25-14-6-4-13(5-7-14)20(28)26-8-2-1-3-9-26/h4-7,10-11,24H,1-3,8-9,12H2,(H,25,27). The smallest absolute Gasteiger partial charge is 0.253 e. The molecule has 0 aliphatic carbocycles. The molecule has 5 nitrogen and oxygen atoms in total. The average Bonchev–Trinajstić information content (AvgIpc) is 2.70. The van der Waals surface area contributed by atoms with Crippen LogP contribution in [-0.4, -0.2) is 36.3 Å². The number of amides is 2. The van der Waals surface area contributed by atoms with E-state index in [0.29, 0.717) is 32.0 Å². The van der Waals surface area contributed by atoms with E-state index in [1.165, 1.54) is 12.5 Å². The van der Waals surface area contributed by atoms with E-state index in [1.54, 1.807) is 30.3 Å². The van der Waals surface area contributed by atoms with Crippen molar-refractivity contribution in [2.24, 2.45) is 0 Å². The van der Waals surface area contributed by atoms with E-state index in [4.69, 9.17) is 34.8 Å². The minimum atomic E-state index is -0.253. The Hall–Kier alpha value is -1.95. The first kappa shape index (κ1) is 20.8. The van der Waals surface area contributed by atoms with Gasteiger partial charge in [0.2, 0.25) is 5.91 Å². The van der Waals surface area contributed by atoms with Crippen molar-refractivity contribution in [3.63, 3.8) is 0 Å². The van der Waals surface area contributed by atoms with Gasteiger partial charge in [-0.05, 0) is 55.7 Å². The highest BCUT2D eigenvalue weighted by Gasteiger charge is 2.18. The normalized spacial score (nSPS) is 13.9. The summed E-state index contributed by atoms with van der Waals surface area (Å²) in [5.41, 5.74) is 1.76. The fraction of sp³-hybridized carbons (Fsp3) is 0.300. The van der Waals surface area contributed by atoms with Crippen LogP contribution in [0, 0.1) is 0 Å². The minimum Gasteiger partial charge on any atom is -0.375 e. The van der Waals surface area contributed by atoms with Crippen LogP contribution < -0.4 is 10.6 Å². The van der Waals surface area contributed by atoms with Gasteiger partial charge in [-0.15, -0.1) is 0 Å². The fourth-order valence-electron chi connectivity index (χ4n) is 3.01. The molecule has 1 fully saturated rings. The van der Waals surface area contributed by atoms with Crippen molar-refractivity contribution in [3.8, 4) is 0 Å². The number of nitrogens with zero attached hydrogens (tertiary/aromatic N) is 1. The van der Waals surface area contributed by atoms with Gasteiger partial charge in [-0.3, -0.25) is 9.59 Å². The Labute approximate surface area is 178 Å². The van der Waals surface area contributed by atoms with Crippen molar-refractivity contribution >= 4 is 58.0 Å². The lowest BCUT2D eigenvalue weighted by Crippen LogP contribution is -2.35. The van der Waals surface area contributed by atoms with Gasteiger partial charge in [0.05, 0.1) is 27.3 Å². The molecule has 28 heavy (non-hydrogen) atoms. The molecule has 1 aliphatic heterocycles. The maximum Gasteiger partial charge on any atom is 0.253 e. The first-order valence-corrected chi connectivity index (χ1v) is 10.1. The number of likely N-dealkylation sites (tertiary alicyclic amines) is 1. The lowest BCUT2D eigenvalue weighted by Gasteiger charge is -2.26. The Bertz CT molecular complexity index is 866. The van der Waals surface area contributed by atoms with Gasteiger partial charge in [0, 0.05) is 24.3 Å². The number of piperidine rings is 1. The Morgan fingerprint density at radius 3 is 2.21 bits per heavy atom. The van der Waals surface area contributed by atoms with Crippen LogP contribution in [-0.2, 0) is 4.79 Å². The average molecular weight is 441 g/mol. The Morgan fingerprint density at radius 1 is 0.893 bits per heavy atom. The number of rotatable bonds is 5. The first-order chi connectivity index (χ1) is 13.4. The predicted molar refractivity (Wildman–Crippen MR) is 115 cm³/mol. The molecule has 0 aromatic heterocycles. The number of carbonyl (C=O) groups excluding carboxylic acids is 2. The van der Waals surface area contributed by atoms with Gasteiger partial charge in [0.1, 0.15) is 0 Å². The quantitative estimate of drug-likeness (QED) is 0.618. The number of halogens is 3. The van der Waals surface area contributed by atoms with Crippen molar-refractivity contribution in [3.05, 3.63) is 57.0 Å². The molecule has 8 heteroatoms. The second-order valence-corrected chi connectivity index (χ2v) is 7.80. The Balaban J connectivity index is 1.54. The summed E-state index contributed by atoms with van der Waals surface area (Å²) >= 11 is 17.9. The molecule has 2 aromatic rings. The summed E-state index contributed by atoms with van der Waals surface area (Å²) in [5, 5.41) is 6.78.